The molecule has 0 bridgehead atoms. The zero-order valence-electron chi connectivity index (χ0n) is 11.3. The molecule has 1 amide bonds. The largest absolute Gasteiger partial charge is 0.396 e. The molecule has 2 rings (SSSR count). The SMILES string of the molecule is O=C(C1CCC(F)(F)CC1)N1CCCCC1CCO. The van der Waals surface area contributed by atoms with Crippen LogP contribution in [0.5, 0.6) is 0 Å². The highest BCUT2D eigenvalue weighted by Gasteiger charge is 2.39. The Morgan fingerprint density at radius 1 is 1.21 bits per heavy atom. The van der Waals surface area contributed by atoms with Crippen LogP contribution in [0.3, 0.4) is 0 Å². The van der Waals surface area contributed by atoms with Gasteiger partial charge in [0.15, 0.2) is 0 Å². The second-order valence-electron chi connectivity index (χ2n) is 5.82. The molecule has 0 aromatic rings. The standard InChI is InChI=1S/C14H23F2NO2/c15-14(16)7-4-11(5-8-14)13(19)17-9-2-1-3-12(17)6-10-18/h11-12,18H,1-10H2. The molecule has 0 radical (unpaired) electrons. The van der Waals surface area contributed by atoms with Crippen LogP contribution in [0, 0.1) is 5.92 Å². The molecular formula is C14H23F2NO2. The van der Waals surface area contributed by atoms with E-state index in [0.717, 1.165) is 25.8 Å². The van der Waals surface area contributed by atoms with E-state index in [9.17, 15) is 13.6 Å². The lowest BCUT2D eigenvalue weighted by atomic mass is 9.85. The first kappa shape index (κ1) is 14.7. The minimum Gasteiger partial charge on any atom is -0.396 e. The molecule has 1 N–H and O–H groups in total. The van der Waals surface area contributed by atoms with Gasteiger partial charge in [0, 0.05) is 38.0 Å². The Kier molecular flexibility index (Phi) is 4.76. The summed E-state index contributed by atoms with van der Waals surface area (Å²) >= 11 is 0. The molecule has 1 aliphatic heterocycles. The summed E-state index contributed by atoms with van der Waals surface area (Å²) in [5, 5.41) is 9.06. The van der Waals surface area contributed by atoms with Crippen LogP contribution in [0.25, 0.3) is 0 Å². The van der Waals surface area contributed by atoms with E-state index in [0.29, 0.717) is 19.3 Å². The van der Waals surface area contributed by atoms with Crippen molar-refractivity contribution in [2.75, 3.05) is 13.2 Å². The lowest BCUT2D eigenvalue weighted by Gasteiger charge is -2.39. The molecule has 19 heavy (non-hydrogen) atoms. The number of hydrogen-bond acceptors (Lipinski definition) is 2. The van der Waals surface area contributed by atoms with Crippen LogP contribution in [0.4, 0.5) is 8.78 Å². The van der Waals surface area contributed by atoms with E-state index in [2.05, 4.69) is 0 Å². The Hall–Kier alpha value is -0.710. The molecule has 0 aromatic carbocycles. The topological polar surface area (TPSA) is 40.5 Å². The number of likely N-dealkylation sites (tertiary alicyclic amines) is 1. The first-order valence-electron chi connectivity index (χ1n) is 7.33. The zero-order chi connectivity index (χ0) is 13.9. The van der Waals surface area contributed by atoms with E-state index >= 15 is 0 Å². The summed E-state index contributed by atoms with van der Waals surface area (Å²) in [5.41, 5.74) is 0. The number of aliphatic hydroxyl groups excluding tert-OH is 1. The fourth-order valence-electron chi connectivity index (χ4n) is 3.26. The Morgan fingerprint density at radius 3 is 2.53 bits per heavy atom. The van der Waals surface area contributed by atoms with E-state index in [1.807, 2.05) is 4.90 Å². The first-order chi connectivity index (χ1) is 9.03. The minimum atomic E-state index is -2.58. The van der Waals surface area contributed by atoms with Crippen molar-refractivity contribution in [3.05, 3.63) is 0 Å². The van der Waals surface area contributed by atoms with Gasteiger partial charge in [0.1, 0.15) is 0 Å². The van der Waals surface area contributed by atoms with Crippen LogP contribution in [0.15, 0.2) is 0 Å². The van der Waals surface area contributed by atoms with Crippen molar-refractivity contribution in [3.63, 3.8) is 0 Å². The number of hydrogen-bond donors (Lipinski definition) is 1. The van der Waals surface area contributed by atoms with Crippen LogP contribution in [0.2, 0.25) is 0 Å². The minimum absolute atomic E-state index is 0.0358. The van der Waals surface area contributed by atoms with Gasteiger partial charge in [-0.25, -0.2) is 8.78 Å². The number of carbonyl (C=O) groups is 1. The lowest BCUT2D eigenvalue weighted by molar-refractivity contribution is -0.143. The molecule has 0 spiro atoms. The number of alkyl halides is 2. The fourth-order valence-corrected chi connectivity index (χ4v) is 3.26. The number of halogens is 2. The second kappa shape index (κ2) is 6.16. The highest BCUT2D eigenvalue weighted by atomic mass is 19.3. The van der Waals surface area contributed by atoms with Crippen molar-refractivity contribution in [1.82, 2.24) is 4.90 Å². The van der Waals surface area contributed by atoms with Crippen molar-refractivity contribution < 1.29 is 18.7 Å². The molecule has 1 heterocycles. The smallest absolute Gasteiger partial charge is 0.248 e. The van der Waals surface area contributed by atoms with Gasteiger partial charge in [-0.15, -0.1) is 0 Å². The van der Waals surface area contributed by atoms with Crippen LogP contribution >= 0.6 is 0 Å². The van der Waals surface area contributed by atoms with Gasteiger partial charge in [0.25, 0.3) is 0 Å². The van der Waals surface area contributed by atoms with Crippen LogP contribution in [-0.2, 0) is 4.79 Å². The predicted octanol–water partition coefficient (Wildman–Crippen LogP) is 2.58. The van der Waals surface area contributed by atoms with Crippen LogP contribution < -0.4 is 0 Å². The summed E-state index contributed by atoms with van der Waals surface area (Å²) in [6.07, 6.45) is 3.86. The van der Waals surface area contributed by atoms with E-state index in [1.165, 1.54) is 0 Å². The van der Waals surface area contributed by atoms with E-state index in [-0.39, 0.29) is 37.3 Å². The molecule has 1 saturated heterocycles. The van der Waals surface area contributed by atoms with Crippen LogP contribution in [0.1, 0.15) is 51.4 Å². The van der Waals surface area contributed by atoms with Gasteiger partial charge in [-0.2, -0.15) is 0 Å². The Labute approximate surface area is 113 Å². The zero-order valence-corrected chi connectivity index (χ0v) is 11.3. The number of amides is 1. The Bertz CT molecular complexity index is 311. The van der Waals surface area contributed by atoms with Gasteiger partial charge in [-0.05, 0) is 38.5 Å². The van der Waals surface area contributed by atoms with Gasteiger partial charge in [-0.3, -0.25) is 4.79 Å². The second-order valence-corrected chi connectivity index (χ2v) is 5.82. The van der Waals surface area contributed by atoms with Gasteiger partial charge in [0.05, 0.1) is 0 Å². The number of nitrogens with zero attached hydrogens (tertiary/aromatic N) is 1. The first-order valence-corrected chi connectivity index (χ1v) is 7.33. The normalized spacial score (nSPS) is 28.4. The van der Waals surface area contributed by atoms with Gasteiger partial charge in [-0.1, -0.05) is 0 Å². The molecule has 1 saturated carbocycles. The van der Waals surface area contributed by atoms with E-state index in [4.69, 9.17) is 5.11 Å². The molecule has 1 atom stereocenters. The Balaban J connectivity index is 1.94. The van der Waals surface area contributed by atoms with Crippen molar-refractivity contribution in [3.8, 4) is 0 Å². The molecule has 110 valence electrons. The number of rotatable bonds is 3. The molecule has 3 nitrogen and oxygen atoms in total. The summed E-state index contributed by atoms with van der Waals surface area (Å²) in [6.45, 7) is 0.799. The monoisotopic (exact) mass is 275 g/mol. The molecule has 0 aromatic heterocycles. The lowest BCUT2D eigenvalue weighted by Crippen LogP contribution is -2.47. The average Bonchev–Trinajstić information content (AvgIpc) is 2.39. The molecule has 1 unspecified atom stereocenters. The predicted molar refractivity (Wildman–Crippen MR) is 68.0 cm³/mol. The third-order valence-corrected chi connectivity index (χ3v) is 4.44. The van der Waals surface area contributed by atoms with Crippen LogP contribution in [-0.4, -0.2) is 41.0 Å². The summed E-state index contributed by atoms with van der Waals surface area (Å²) in [4.78, 5) is 14.3. The van der Waals surface area contributed by atoms with Gasteiger partial charge >= 0.3 is 0 Å². The maximum Gasteiger partial charge on any atom is 0.248 e. The van der Waals surface area contributed by atoms with Gasteiger partial charge in [0.2, 0.25) is 11.8 Å². The number of carbonyl (C=O) groups excluding carboxylic acids is 1. The molecule has 2 fully saturated rings. The van der Waals surface area contributed by atoms with Crippen molar-refractivity contribution in [2.45, 2.75) is 63.3 Å². The summed E-state index contributed by atoms with van der Waals surface area (Å²) < 4.78 is 26.2. The average molecular weight is 275 g/mol. The third-order valence-electron chi connectivity index (χ3n) is 4.44. The maximum absolute atomic E-state index is 13.1. The number of piperidine rings is 1. The fraction of sp³-hybridized carbons (Fsp3) is 0.929. The highest BCUT2D eigenvalue weighted by Crippen LogP contribution is 2.37. The van der Waals surface area contributed by atoms with Gasteiger partial charge < -0.3 is 10.0 Å². The molecule has 2 aliphatic rings. The van der Waals surface area contributed by atoms with Crippen molar-refractivity contribution >= 4 is 5.91 Å². The maximum atomic E-state index is 13.1. The Morgan fingerprint density at radius 2 is 1.89 bits per heavy atom. The van der Waals surface area contributed by atoms with Crippen molar-refractivity contribution in [2.24, 2.45) is 5.92 Å². The van der Waals surface area contributed by atoms with E-state index < -0.39 is 5.92 Å². The molecule has 5 heteroatoms. The summed E-state index contributed by atoms with van der Waals surface area (Å²) in [7, 11) is 0. The quantitative estimate of drug-likeness (QED) is 0.860. The third kappa shape index (κ3) is 3.65. The summed E-state index contributed by atoms with van der Waals surface area (Å²) in [5.74, 6) is -2.78. The molecular weight excluding hydrogens is 252 g/mol. The highest BCUT2D eigenvalue weighted by molar-refractivity contribution is 5.79. The summed E-state index contributed by atoms with van der Waals surface area (Å²) in [6, 6.07) is 0.105. The number of aliphatic hydroxyl groups is 1. The molecule has 1 aliphatic carbocycles. The van der Waals surface area contributed by atoms with Crippen molar-refractivity contribution in [1.29, 1.82) is 0 Å². The van der Waals surface area contributed by atoms with E-state index in [1.54, 1.807) is 0 Å².